The summed E-state index contributed by atoms with van der Waals surface area (Å²) in [6.45, 7) is 3.78. The van der Waals surface area contributed by atoms with Gasteiger partial charge in [0.1, 0.15) is 5.82 Å². The SMILES string of the molecule is O=C(NC1CCN(CC2CCCO2)CC1)c1cn[nH]c1-c1ccccc1F. The molecule has 1 unspecified atom stereocenters. The van der Waals surface area contributed by atoms with Crippen LogP contribution < -0.4 is 5.32 Å². The summed E-state index contributed by atoms with van der Waals surface area (Å²) in [5.41, 5.74) is 1.15. The summed E-state index contributed by atoms with van der Waals surface area (Å²) < 4.78 is 19.8. The molecule has 2 saturated heterocycles. The molecule has 1 aromatic carbocycles. The van der Waals surface area contributed by atoms with Crippen LogP contribution in [0.5, 0.6) is 0 Å². The number of ether oxygens (including phenoxy) is 1. The lowest BCUT2D eigenvalue weighted by Gasteiger charge is -2.33. The number of piperidine rings is 1. The average molecular weight is 372 g/mol. The van der Waals surface area contributed by atoms with Crippen molar-refractivity contribution in [2.24, 2.45) is 0 Å². The molecule has 1 aromatic heterocycles. The van der Waals surface area contributed by atoms with E-state index in [1.54, 1.807) is 18.2 Å². The Kier molecular flexibility index (Phi) is 5.50. The summed E-state index contributed by atoms with van der Waals surface area (Å²) in [4.78, 5) is 15.1. The third-order valence-corrected chi connectivity index (χ3v) is 5.44. The molecule has 2 fully saturated rings. The Hall–Kier alpha value is -2.25. The molecule has 7 heteroatoms. The third kappa shape index (κ3) is 4.20. The average Bonchev–Trinajstić information content (AvgIpc) is 3.35. The lowest BCUT2D eigenvalue weighted by molar-refractivity contribution is 0.0613. The summed E-state index contributed by atoms with van der Waals surface area (Å²) in [5.74, 6) is -0.585. The number of amides is 1. The van der Waals surface area contributed by atoms with Crippen molar-refractivity contribution in [3.63, 3.8) is 0 Å². The highest BCUT2D eigenvalue weighted by Crippen LogP contribution is 2.24. The minimum atomic E-state index is -0.377. The van der Waals surface area contributed by atoms with Gasteiger partial charge in [-0.15, -0.1) is 0 Å². The monoisotopic (exact) mass is 372 g/mol. The van der Waals surface area contributed by atoms with Crippen LogP contribution in [0.25, 0.3) is 11.3 Å². The van der Waals surface area contributed by atoms with E-state index in [0.29, 0.717) is 22.9 Å². The van der Waals surface area contributed by atoms with Crippen molar-refractivity contribution >= 4 is 5.91 Å². The highest BCUT2D eigenvalue weighted by molar-refractivity contribution is 5.99. The number of likely N-dealkylation sites (tertiary alicyclic amines) is 1. The van der Waals surface area contributed by atoms with Crippen LogP contribution in [0.1, 0.15) is 36.0 Å². The van der Waals surface area contributed by atoms with Gasteiger partial charge in [-0.3, -0.25) is 9.89 Å². The van der Waals surface area contributed by atoms with Crippen LogP contribution in [-0.4, -0.2) is 59.4 Å². The van der Waals surface area contributed by atoms with E-state index in [2.05, 4.69) is 20.4 Å². The first kappa shape index (κ1) is 18.1. The molecule has 0 bridgehead atoms. The topological polar surface area (TPSA) is 70.2 Å². The summed E-state index contributed by atoms with van der Waals surface area (Å²) >= 11 is 0. The zero-order chi connectivity index (χ0) is 18.6. The first-order valence-corrected chi connectivity index (χ1v) is 9.64. The lowest BCUT2D eigenvalue weighted by atomic mass is 10.0. The third-order valence-electron chi connectivity index (χ3n) is 5.44. The minimum absolute atomic E-state index is 0.126. The molecule has 4 rings (SSSR count). The Morgan fingerprint density at radius 2 is 2.11 bits per heavy atom. The Morgan fingerprint density at radius 3 is 2.85 bits per heavy atom. The Labute approximate surface area is 158 Å². The van der Waals surface area contributed by atoms with Crippen LogP contribution in [0.3, 0.4) is 0 Å². The van der Waals surface area contributed by atoms with Crippen molar-refractivity contribution in [1.82, 2.24) is 20.4 Å². The molecule has 0 spiro atoms. The molecule has 1 amide bonds. The second kappa shape index (κ2) is 8.19. The molecule has 0 radical (unpaired) electrons. The van der Waals surface area contributed by atoms with Gasteiger partial charge in [-0.25, -0.2) is 4.39 Å². The van der Waals surface area contributed by atoms with Gasteiger partial charge in [0.25, 0.3) is 5.91 Å². The fourth-order valence-electron chi connectivity index (χ4n) is 3.93. The lowest BCUT2D eigenvalue weighted by Crippen LogP contribution is -2.46. The van der Waals surface area contributed by atoms with Gasteiger partial charge < -0.3 is 15.0 Å². The molecule has 6 nitrogen and oxygen atoms in total. The second-order valence-corrected chi connectivity index (χ2v) is 7.32. The standard InChI is InChI=1S/C20H25FN4O2/c21-18-6-2-1-5-16(18)19-17(12-22-24-19)20(26)23-14-7-9-25(10-8-14)13-15-4-3-11-27-15/h1-2,5-6,12,14-15H,3-4,7-11,13H2,(H,22,24)(H,23,26). The maximum Gasteiger partial charge on any atom is 0.255 e. The highest BCUT2D eigenvalue weighted by atomic mass is 19.1. The fraction of sp³-hybridized carbons (Fsp3) is 0.500. The van der Waals surface area contributed by atoms with Crippen LogP contribution in [0.2, 0.25) is 0 Å². The van der Waals surface area contributed by atoms with Crippen LogP contribution in [0, 0.1) is 5.82 Å². The zero-order valence-corrected chi connectivity index (χ0v) is 15.3. The van der Waals surface area contributed by atoms with Gasteiger partial charge in [0.05, 0.1) is 23.6 Å². The van der Waals surface area contributed by atoms with Gasteiger partial charge in [-0.1, -0.05) is 12.1 Å². The number of aromatic nitrogens is 2. The van der Waals surface area contributed by atoms with Gasteiger partial charge in [-0.05, 0) is 37.8 Å². The summed E-state index contributed by atoms with van der Waals surface area (Å²) in [6.07, 6.45) is 5.95. The van der Waals surface area contributed by atoms with E-state index in [1.165, 1.54) is 12.3 Å². The Balaban J connectivity index is 1.34. The first-order valence-electron chi connectivity index (χ1n) is 9.64. The first-order chi connectivity index (χ1) is 13.2. The minimum Gasteiger partial charge on any atom is -0.377 e. The molecule has 2 N–H and O–H groups in total. The van der Waals surface area contributed by atoms with Gasteiger partial charge in [0, 0.05) is 37.8 Å². The molecule has 2 aliphatic rings. The smallest absolute Gasteiger partial charge is 0.255 e. The number of rotatable bonds is 5. The molecule has 144 valence electrons. The maximum atomic E-state index is 14.1. The predicted molar refractivity (Wildman–Crippen MR) is 99.9 cm³/mol. The van der Waals surface area contributed by atoms with Gasteiger partial charge >= 0.3 is 0 Å². The number of nitrogens with zero attached hydrogens (tertiary/aromatic N) is 2. The van der Waals surface area contributed by atoms with E-state index in [-0.39, 0.29) is 17.8 Å². The molecule has 0 aliphatic carbocycles. The molecule has 27 heavy (non-hydrogen) atoms. The van der Waals surface area contributed by atoms with E-state index < -0.39 is 0 Å². The summed E-state index contributed by atoms with van der Waals surface area (Å²) in [6, 6.07) is 6.51. The van der Waals surface area contributed by atoms with Crippen molar-refractivity contribution in [2.45, 2.75) is 37.8 Å². The quantitative estimate of drug-likeness (QED) is 0.846. The van der Waals surface area contributed by atoms with E-state index in [0.717, 1.165) is 51.9 Å². The van der Waals surface area contributed by atoms with Crippen LogP contribution in [-0.2, 0) is 4.74 Å². The molecule has 3 heterocycles. The van der Waals surface area contributed by atoms with E-state index in [9.17, 15) is 9.18 Å². The van der Waals surface area contributed by atoms with Crippen LogP contribution in [0.15, 0.2) is 30.5 Å². The normalized spacial score (nSPS) is 21.4. The number of H-pyrrole nitrogens is 1. The van der Waals surface area contributed by atoms with Crippen LogP contribution in [0.4, 0.5) is 4.39 Å². The molecule has 2 aromatic rings. The number of hydrogen-bond acceptors (Lipinski definition) is 4. The second-order valence-electron chi connectivity index (χ2n) is 7.32. The predicted octanol–water partition coefficient (Wildman–Crippen LogP) is 2.59. The number of nitrogens with one attached hydrogen (secondary N) is 2. The number of carbonyl (C=O) groups is 1. The van der Waals surface area contributed by atoms with E-state index in [4.69, 9.17) is 4.74 Å². The summed E-state index contributed by atoms with van der Waals surface area (Å²) in [5, 5.41) is 9.79. The zero-order valence-electron chi connectivity index (χ0n) is 15.3. The van der Waals surface area contributed by atoms with Gasteiger partial charge in [0.15, 0.2) is 0 Å². The largest absolute Gasteiger partial charge is 0.377 e. The van der Waals surface area contributed by atoms with E-state index in [1.807, 2.05) is 0 Å². The number of hydrogen-bond donors (Lipinski definition) is 2. The van der Waals surface area contributed by atoms with Crippen LogP contribution >= 0.6 is 0 Å². The molecular weight excluding hydrogens is 347 g/mol. The summed E-state index contributed by atoms with van der Waals surface area (Å²) in [7, 11) is 0. The highest BCUT2D eigenvalue weighted by Gasteiger charge is 2.26. The van der Waals surface area contributed by atoms with Gasteiger partial charge in [-0.2, -0.15) is 5.10 Å². The number of halogens is 1. The molecular formula is C20H25FN4O2. The Morgan fingerprint density at radius 1 is 1.30 bits per heavy atom. The van der Waals surface area contributed by atoms with Crippen molar-refractivity contribution in [2.75, 3.05) is 26.2 Å². The molecule has 2 aliphatic heterocycles. The molecule has 0 saturated carbocycles. The van der Waals surface area contributed by atoms with Crippen molar-refractivity contribution < 1.29 is 13.9 Å². The van der Waals surface area contributed by atoms with Crippen molar-refractivity contribution in [1.29, 1.82) is 0 Å². The van der Waals surface area contributed by atoms with Crippen molar-refractivity contribution in [3.05, 3.63) is 41.8 Å². The maximum absolute atomic E-state index is 14.1. The van der Waals surface area contributed by atoms with Crippen molar-refractivity contribution in [3.8, 4) is 11.3 Å². The fourth-order valence-corrected chi connectivity index (χ4v) is 3.93. The Bertz CT molecular complexity index is 780. The van der Waals surface area contributed by atoms with Gasteiger partial charge in [0.2, 0.25) is 0 Å². The number of aromatic amines is 1. The number of carbonyl (C=O) groups excluding carboxylic acids is 1. The number of benzene rings is 1. The van der Waals surface area contributed by atoms with E-state index >= 15 is 0 Å². The molecule has 1 atom stereocenters.